The van der Waals surface area contributed by atoms with Crippen LogP contribution < -0.4 is 9.05 Å². The summed E-state index contributed by atoms with van der Waals surface area (Å²) in [5, 5.41) is 0. The summed E-state index contributed by atoms with van der Waals surface area (Å²) in [7, 11) is -4.25. The van der Waals surface area contributed by atoms with Crippen LogP contribution in [0.25, 0.3) is 17.2 Å². The summed E-state index contributed by atoms with van der Waals surface area (Å²) in [5.41, 5.74) is 4.44. The van der Waals surface area contributed by atoms with E-state index in [1.165, 1.54) is 5.57 Å². The molecule has 1 unspecified atom stereocenters. The van der Waals surface area contributed by atoms with E-state index in [1.54, 1.807) is 42.5 Å². The molecule has 3 rings (SSSR count). The molecule has 3 aromatic rings. The van der Waals surface area contributed by atoms with Crippen LogP contribution in [0.3, 0.4) is 0 Å². The van der Waals surface area contributed by atoms with Gasteiger partial charge in [-0.25, -0.2) is 4.57 Å². The van der Waals surface area contributed by atoms with E-state index in [-0.39, 0.29) is 11.5 Å². The van der Waals surface area contributed by atoms with Crippen LogP contribution in [0.15, 0.2) is 84.4 Å². The summed E-state index contributed by atoms with van der Waals surface area (Å²) >= 11 is 0. The lowest BCUT2D eigenvalue weighted by molar-refractivity contribution is 0.291. The number of hydrogen-bond donors (Lipinski definition) is 1. The Balaban J connectivity index is 1.69. The van der Waals surface area contributed by atoms with Gasteiger partial charge in [0.2, 0.25) is 0 Å². The van der Waals surface area contributed by atoms with E-state index in [9.17, 15) is 9.46 Å². The molecule has 0 bridgehead atoms. The van der Waals surface area contributed by atoms with E-state index in [1.807, 2.05) is 24.3 Å². The van der Waals surface area contributed by atoms with E-state index >= 15 is 0 Å². The van der Waals surface area contributed by atoms with E-state index in [4.69, 9.17) is 9.05 Å². The Labute approximate surface area is 159 Å². The van der Waals surface area contributed by atoms with Crippen LogP contribution in [0.5, 0.6) is 11.5 Å². The molecule has 0 heterocycles. The Hall–Kier alpha value is -2.81. The van der Waals surface area contributed by atoms with Crippen molar-refractivity contribution in [2.24, 2.45) is 0 Å². The highest BCUT2D eigenvalue weighted by molar-refractivity contribution is 7.48. The largest absolute Gasteiger partial charge is 0.584 e. The summed E-state index contributed by atoms with van der Waals surface area (Å²) in [6.07, 6.45) is 2.12. The molecule has 3 aromatic carbocycles. The quantitative estimate of drug-likeness (QED) is 0.507. The Morgan fingerprint density at radius 3 is 1.78 bits per heavy atom. The fourth-order valence-corrected chi connectivity index (χ4v) is 3.39. The third kappa shape index (κ3) is 5.58. The number of phosphoric acid groups is 1. The van der Waals surface area contributed by atoms with Gasteiger partial charge in [0.15, 0.2) is 0 Å². The molecule has 0 aliphatic heterocycles. The zero-order valence-electron chi connectivity index (χ0n) is 15.2. The highest BCUT2D eigenvalue weighted by Crippen LogP contribution is 2.44. The summed E-state index contributed by atoms with van der Waals surface area (Å²) in [5.74, 6) is 0.540. The highest BCUT2D eigenvalue weighted by atomic mass is 31.2. The van der Waals surface area contributed by atoms with Crippen molar-refractivity contribution >= 4 is 13.9 Å². The monoisotopic (exact) mass is 380 g/mol. The predicted octanol–water partition coefficient (Wildman–Crippen LogP) is 6.34. The number of rotatable bonds is 6. The van der Waals surface area contributed by atoms with Gasteiger partial charge in [0.25, 0.3) is 0 Å². The number of benzene rings is 3. The first kappa shape index (κ1) is 19.0. The van der Waals surface area contributed by atoms with E-state index in [2.05, 4.69) is 32.1 Å². The van der Waals surface area contributed by atoms with Gasteiger partial charge in [-0.3, -0.25) is 4.89 Å². The summed E-state index contributed by atoms with van der Waals surface area (Å²) in [6, 6.07) is 23.6. The molecule has 4 nitrogen and oxygen atoms in total. The molecule has 138 valence electrons. The molecule has 0 saturated heterocycles. The second kappa shape index (κ2) is 8.26. The maximum absolute atomic E-state index is 12.1. The minimum absolute atomic E-state index is 0.265. The first-order valence-electron chi connectivity index (χ1n) is 8.54. The lowest BCUT2D eigenvalue weighted by atomic mass is 10.0. The molecule has 0 spiro atoms. The highest BCUT2D eigenvalue weighted by Gasteiger charge is 2.24. The number of phosphoric ester groups is 1. The molecule has 0 aromatic heterocycles. The Bertz CT molecular complexity index is 957. The van der Waals surface area contributed by atoms with Gasteiger partial charge < -0.3 is 9.05 Å². The fourth-order valence-electron chi connectivity index (χ4n) is 2.58. The first-order valence-corrected chi connectivity index (χ1v) is 10.0. The van der Waals surface area contributed by atoms with Crippen LogP contribution in [-0.2, 0) is 4.57 Å². The van der Waals surface area contributed by atoms with Gasteiger partial charge in [-0.05, 0) is 54.8 Å². The van der Waals surface area contributed by atoms with E-state index < -0.39 is 7.82 Å². The van der Waals surface area contributed by atoms with Crippen molar-refractivity contribution in [2.75, 3.05) is 0 Å². The maximum Gasteiger partial charge on any atom is 0.584 e. The average Bonchev–Trinajstić information content (AvgIpc) is 2.63. The predicted molar refractivity (Wildman–Crippen MR) is 109 cm³/mol. The molecule has 27 heavy (non-hydrogen) atoms. The topological polar surface area (TPSA) is 55.8 Å². The third-order valence-electron chi connectivity index (χ3n) is 3.74. The van der Waals surface area contributed by atoms with Crippen molar-refractivity contribution in [3.63, 3.8) is 0 Å². The smallest absolute Gasteiger partial charge is 0.395 e. The van der Waals surface area contributed by atoms with Crippen LogP contribution in [0.1, 0.15) is 19.4 Å². The molecular weight excluding hydrogens is 359 g/mol. The first-order chi connectivity index (χ1) is 12.9. The normalized spacial score (nSPS) is 12.7. The molecule has 0 radical (unpaired) electrons. The Kier molecular flexibility index (Phi) is 5.80. The van der Waals surface area contributed by atoms with Crippen molar-refractivity contribution in [1.29, 1.82) is 0 Å². The number of para-hydroxylation sites is 1. The minimum Gasteiger partial charge on any atom is -0.395 e. The standard InChI is InChI=1S/C22H21O4P/c1-17(2)16-18-8-10-19(11-9-18)20-12-14-22(15-13-20)26-27(23,24)25-21-6-4-3-5-7-21/h3-16H,1-2H3,(H,23,24). The lowest BCUT2D eigenvalue weighted by Crippen LogP contribution is -1.99. The zero-order chi connectivity index (χ0) is 19.3. The number of hydrogen-bond acceptors (Lipinski definition) is 3. The Morgan fingerprint density at radius 2 is 1.26 bits per heavy atom. The summed E-state index contributed by atoms with van der Waals surface area (Å²) in [6.45, 7) is 4.13. The SMILES string of the molecule is CC(C)=Cc1ccc(-c2ccc(OP(=O)(O)Oc3ccccc3)cc2)cc1. The van der Waals surface area contributed by atoms with Crippen LogP contribution in [0.4, 0.5) is 0 Å². The number of allylic oxidation sites excluding steroid dienone is 1. The lowest BCUT2D eigenvalue weighted by Gasteiger charge is -2.14. The van der Waals surface area contributed by atoms with Gasteiger partial charge in [0, 0.05) is 0 Å². The molecule has 0 aliphatic rings. The van der Waals surface area contributed by atoms with Crippen LogP contribution in [0.2, 0.25) is 0 Å². The van der Waals surface area contributed by atoms with Gasteiger partial charge in [-0.2, -0.15) is 0 Å². The maximum atomic E-state index is 12.1. The molecular formula is C22H21O4P. The average molecular weight is 380 g/mol. The van der Waals surface area contributed by atoms with E-state index in [0.29, 0.717) is 0 Å². The van der Waals surface area contributed by atoms with Gasteiger partial charge in [-0.1, -0.05) is 66.2 Å². The molecule has 5 heteroatoms. The molecule has 0 saturated carbocycles. The second-order valence-corrected chi connectivity index (χ2v) is 7.63. The molecule has 0 amide bonds. The summed E-state index contributed by atoms with van der Waals surface area (Å²) < 4.78 is 22.3. The summed E-state index contributed by atoms with van der Waals surface area (Å²) in [4.78, 5) is 9.92. The van der Waals surface area contributed by atoms with Crippen LogP contribution in [-0.4, -0.2) is 4.89 Å². The van der Waals surface area contributed by atoms with Crippen molar-refractivity contribution in [3.8, 4) is 22.6 Å². The van der Waals surface area contributed by atoms with Crippen molar-refractivity contribution in [1.82, 2.24) is 0 Å². The van der Waals surface area contributed by atoms with Crippen molar-refractivity contribution in [3.05, 3.63) is 90.0 Å². The minimum atomic E-state index is -4.25. The van der Waals surface area contributed by atoms with Crippen LogP contribution >= 0.6 is 7.82 Å². The van der Waals surface area contributed by atoms with Gasteiger partial charge >= 0.3 is 7.82 Å². The molecule has 1 N–H and O–H groups in total. The van der Waals surface area contributed by atoms with E-state index in [0.717, 1.165) is 16.7 Å². The van der Waals surface area contributed by atoms with Crippen molar-refractivity contribution < 1.29 is 18.5 Å². The molecule has 0 aliphatic carbocycles. The fraction of sp³-hybridized carbons (Fsp3) is 0.0909. The van der Waals surface area contributed by atoms with Gasteiger partial charge in [0.05, 0.1) is 0 Å². The van der Waals surface area contributed by atoms with Gasteiger partial charge in [0.1, 0.15) is 11.5 Å². The Morgan fingerprint density at radius 1 is 0.778 bits per heavy atom. The van der Waals surface area contributed by atoms with Crippen LogP contribution in [0, 0.1) is 0 Å². The molecule has 0 fully saturated rings. The third-order valence-corrected chi connectivity index (χ3v) is 4.62. The zero-order valence-corrected chi connectivity index (χ0v) is 16.1. The van der Waals surface area contributed by atoms with Gasteiger partial charge in [-0.15, -0.1) is 0 Å². The molecule has 1 atom stereocenters. The second-order valence-electron chi connectivity index (χ2n) is 6.33. The van der Waals surface area contributed by atoms with Crippen molar-refractivity contribution in [2.45, 2.75) is 13.8 Å².